The summed E-state index contributed by atoms with van der Waals surface area (Å²) < 4.78 is 1.50. The van der Waals surface area contributed by atoms with Crippen LogP contribution in [0.5, 0.6) is 0 Å². The van der Waals surface area contributed by atoms with E-state index in [0.29, 0.717) is 11.9 Å². The number of aryl methyl sites for hydroxylation is 2. The summed E-state index contributed by atoms with van der Waals surface area (Å²) in [5.74, 6) is -0.101. The second kappa shape index (κ2) is 8.08. The monoisotopic (exact) mass is 409 g/mol. The summed E-state index contributed by atoms with van der Waals surface area (Å²) in [7, 11) is 0. The minimum Gasteiger partial charge on any atom is -0.344 e. The van der Waals surface area contributed by atoms with Crippen molar-refractivity contribution < 1.29 is 4.79 Å². The van der Waals surface area contributed by atoms with Gasteiger partial charge in [-0.05, 0) is 35.4 Å². The molecule has 0 spiro atoms. The number of hydrogen-bond acceptors (Lipinski definition) is 5. The number of amides is 1. The van der Waals surface area contributed by atoms with Gasteiger partial charge in [0.25, 0.3) is 5.56 Å². The van der Waals surface area contributed by atoms with Crippen molar-refractivity contribution in [3.05, 3.63) is 85.9 Å². The third kappa shape index (κ3) is 3.90. The molecule has 7 heteroatoms. The molecule has 4 rings (SSSR count). The van der Waals surface area contributed by atoms with E-state index in [4.69, 9.17) is 0 Å². The summed E-state index contributed by atoms with van der Waals surface area (Å²) in [6.45, 7) is 2.34. The largest absolute Gasteiger partial charge is 0.344 e. The van der Waals surface area contributed by atoms with E-state index in [-0.39, 0.29) is 23.9 Å². The Morgan fingerprint density at radius 1 is 1.14 bits per heavy atom. The summed E-state index contributed by atoms with van der Waals surface area (Å²) in [6.07, 6.45) is 1.73. The van der Waals surface area contributed by atoms with Gasteiger partial charge in [-0.2, -0.15) is 0 Å². The number of carbonyl (C=O) groups is 1. The van der Waals surface area contributed by atoms with Gasteiger partial charge in [0.1, 0.15) is 4.83 Å². The molecule has 0 saturated heterocycles. The Kier molecular flexibility index (Phi) is 5.36. The lowest BCUT2D eigenvalue weighted by Gasteiger charge is -2.18. The smallest absolute Gasteiger partial charge is 0.262 e. The minimum atomic E-state index is -0.192. The third-order valence-corrected chi connectivity index (χ3v) is 6.33. The van der Waals surface area contributed by atoms with Crippen molar-refractivity contribution in [2.24, 2.45) is 0 Å². The molecule has 0 saturated carbocycles. The summed E-state index contributed by atoms with van der Waals surface area (Å²) in [5, 5.41) is 7.57. The number of benzene rings is 1. The standard InChI is InChI=1S/C21H19N3O2S2/c1-14-4-6-15(7-5-14)19(17-3-2-11-27-17)23-18(25)8-10-24-13-22-20-16(21(24)26)9-12-28-20/h2-7,9,11-13,19H,8,10H2,1H3,(H,23,25). The Morgan fingerprint density at radius 3 is 2.71 bits per heavy atom. The molecule has 1 aromatic carbocycles. The van der Waals surface area contributed by atoms with E-state index < -0.39 is 0 Å². The Morgan fingerprint density at radius 2 is 1.96 bits per heavy atom. The van der Waals surface area contributed by atoms with Crippen LogP contribution in [0.2, 0.25) is 0 Å². The van der Waals surface area contributed by atoms with Crippen LogP contribution in [0.4, 0.5) is 0 Å². The van der Waals surface area contributed by atoms with E-state index in [0.717, 1.165) is 15.3 Å². The SMILES string of the molecule is Cc1ccc(C(NC(=O)CCn2cnc3sccc3c2=O)c2cccs2)cc1. The van der Waals surface area contributed by atoms with Crippen molar-refractivity contribution in [3.8, 4) is 0 Å². The molecule has 0 fully saturated rings. The maximum atomic E-state index is 12.6. The molecule has 0 aliphatic heterocycles. The molecule has 0 bridgehead atoms. The van der Waals surface area contributed by atoms with Gasteiger partial charge in [-0.15, -0.1) is 22.7 Å². The highest BCUT2D eigenvalue weighted by atomic mass is 32.1. The number of thiophene rings is 2. The van der Waals surface area contributed by atoms with E-state index >= 15 is 0 Å². The minimum absolute atomic E-state index is 0.101. The molecule has 3 aromatic heterocycles. The first-order chi connectivity index (χ1) is 13.6. The Balaban J connectivity index is 1.49. The predicted molar refractivity (Wildman–Crippen MR) is 114 cm³/mol. The number of aromatic nitrogens is 2. The molecule has 0 radical (unpaired) electrons. The molecular weight excluding hydrogens is 390 g/mol. The first kappa shape index (κ1) is 18.6. The molecule has 28 heavy (non-hydrogen) atoms. The van der Waals surface area contributed by atoms with Crippen LogP contribution in [0.3, 0.4) is 0 Å². The van der Waals surface area contributed by atoms with E-state index in [2.05, 4.69) is 10.3 Å². The molecule has 0 aliphatic carbocycles. The Hall–Kier alpha value is -2.77. The number of hydrogen-bond donors (Lipinski definition) is 1. The second-order valence-electron chi connectivity index (χ2n) is 6.56. The number of fused-ring (bicyclic) bond motifs is 1. The van der Waals surface area contributed by atoms with Crippen LogP contribution in [0.15, 0.2) is 64.3 Å². The summed E-state index contributed by atoms with van der Waals surface area (Å²) in [4.78, 5) is 31.2. The van der Waals surface area contributed by atoms with Gasteiger partial charge in [0, 0.05) is 17.8 Å². The van der Waals surface area contributed by atoms with Gasteiger partial charge in [-0.3, -0.25) is 14.2 Å². The first-order valence-corrected chi connectivity index (χ1v) is 10.7. The van der Waals surface area contributed by atoms with Gasteiger partial charge in [0.2, 0.25) is 5.91 Å². The van der Waals surface area contributed by atoms with Crippen molar-refractivity contribution in [1.29, 1.82) is 0 Å². The molecule has 1 N–H and O–H groups in total. The van der Waals surface area contributed by atoms with Gasteiger partial charge >= 0.3 is 0 Å². The van der Waals surface area contributed by atoms with Gasteiger partial charge in [0.05, 0.1) is 17.8 Å². The highest BCUT2D eigenvalue weighted by molar-refractivity contribution is 7.16. The predicted octanol–water partition coefficient (Wildman–Crippen LogP) is 4.12. The molecule has 142 valence electrons. The van der Waals surface area contributed by atoms with E-state index in [9.17, 15) is 9.59 Å². The van der Waals surface area contributed by atoms with Crippen LogP contribution < -0.4 is 10.9 Å². The fourth-order valence-corrected chi connectivity index (χ4v) is 4.57. The zero-order valence-electron chi connectivity index (χ0n) is 15.3. The van der Waals surface area contributed by atoms with Crippen molar-refractivity contribution in [3.63, 3.8) is 0 Å². The Bertz CT molecular complexity index is 1140. The maximum Gasteiger partial charge on any atom is 0.262 e. The van der Waals surface area contributed by atoms with Gasteiger partial charge in [-0.1, -0.05) is 35.9 Å². The fraction of sp³-hybridized carbons (Fsp3) is 0.190. The van der Waals surface area contributed by atoms with Crippen molar-refractivity contribution in [1.82, 2.24) is 14.9 Å². The van der Waals surface area contributed by atoms with Crippen molar-refractivity contribution in [2.45, 2.75) is 25.9 Å². The van der Waals surface area contributed by atoms with Crippen LogP contribution in [0.25, 0.3) is 10.2 Å². The molecule has 1 amide bonds. The Labute approximate surface area is 170 Å². The van der Waals surface area contributed by atoms with Gasteiger partial charge in [0.15, 0.2) is 0 Å². The summed E-state index contributed by atoms with van der Waals surface area (Å²) >= 11 is 3.05. The first-order valence-electron chi connectivity index (χ1n) is 8.94. The molecule has 3 heterocycles. The lowest BCUT2D eigenvalue weighted by molar-refractivity contribution is -0.121. The van der Waals surface area contributed by atoms with Crippen LogP contribution >= 0.6 is 22.7 Å². The number of nitrogens with one attached hydrogen (secondary N) is 1. The van der Waals surface area contributed by atoms with E-state index in [1.54, 1.807) is 17.4 Å². The molecule has 5 nitrogen and oxygen atoms in total. The average molecular weight is 410 g/mol. The normalized spacial score (nSPS) is 12.2. The maximum absolute atomic E-state index is 12.6. The van der Waals surface area contributed by atoms with Crippen molar-refractivity contribution >= 4 is 38.8 Å². The quantitative estimate of drug-likeness (QED) is 0.521. The van der Waals surface area contributed by atoms with Crippen LogP contribution in [0.1, 0.15) is 28.5 Å². The van der Waals surface area contributed by atoms with Crippen LogP contribution in [-0.4, -0.2) is 15.5 Å². The molecular formula is C21H19N3O2S2. The zero-order valence-corrected chi connectivity index (χ0v) is 16.9. The number of nitrogens with zero attached hydrogens (tertiary/aromatic N) is 2. The van der Waals surface area contributed by atoms with E-state index in [1.165, 1.54) is 27.8 Å². The van der Waals surface area contributed by atoms with Crippen LogP contribution in [-0.2, 0) is 11.3 Å². The topological polar surface area (TPSA) is 64.0 Å². The molecule has 0 aliphatic rings. The lowest BCUT2D eigenvalue weighted by Crippen LogP contribution is -2.31. The second-order valence-corrected chi connectivity index (χ2v) is 8.43. The number of carbonyl (C=O) groups excluding carboxylic acids is 1. The van der Waals surface area contributed by atoms with Gasteiger partial charge < -0.3 is 5.32 Å². The number of rotatable bonds is 6. The van der Waals surface area contributed by atoms with Gasteiger partial charge in [-0.25, -0.2) is 4.98 Å². The zero-order chi connectivity index (χ0) is 19.5. The average Bonchev–Trinajstić information content (AvgIpc) is 3.38. The van der Waals surface area contributed by atoms with Crippen LogP contribution in [0, 0.1) is 6.92 Å². The lowest BCUT2D eigenvalue weighted by atomic mass is 10.0. The fourth-order valence-electron chi connectivity index (χ4n) is 3.04. The summed E-state index contributed by atoms with van der Waals surface area (Å²) in [5.41, 5.74) is 2.11. The van der Waals surface area contributed by atoms with E-state index in [1.807, 2.05) is 54.1 Å². The van der Waals surface area contributed by atoms with Crippen molar-refractivity contribution in [2.75, 3.05) is 0 Å². The highest BCUT2D eigenvalue weighted by Gasteiger charge is 2.18. The molecule has 1 unspecified atom stereocenters. The summed E-state index contributed by atoms with van der Waals surface area (Å²) in [6, 6.07) is 13.8. The molecule has 4 aromatic rings. The highest BCUT2D eigenvalue weighted by Crippen LogP contribution is 2.26. The molecule has 1 atom stereocenters. The third-order valence-electron chi connectivity index (χ3n) is 4.57.